The monoisotopic (exact) mass is 423 g/mol. The van der Waals surface area contributed by atoms with E-state index in [9.17, 15) is 18.0 Å². The van der Waals surface area contributed by atoms with Gasteiger partial charge in [-0.3, -0.25) is 9.59 Å². The van der Waals surface area contributed by atoms with E-state index in [1.807, 2.05) is 0 Å². The van der Waals surface area contributed by atoms with Crippen molar-refractivity contribution in [3.05, 3.63) is 23.8 Å². The summed E-state index contributed by atoms with van der Waals surface area (Å²) >= 11 is 0. The fourth-order valence-electron chi connectivity index (χ4n) is 3.16. The molecule has 1 fully saturated rings. The molecule has 29 heavy (non-hydrogen) atoms. The lowest BCUT2D eigenvalue weighted by Gasteiger charge is -2.21. The maximum Gasteiger partial charge on any atom is 0.243 e. The summed E-state index contributed by atoms with van der Waals surface area (Å²) in [6, 6.07) is 4.94. The predicted molar refractivity (Wildman–Crippen MR) is 114 cm³/mol. The van der Waals surface area contributed by atoms with Gasteiger partial charge in [-0.15, -0.1) is 0 Å². The first-order valence-electron chi connectivity index (χ1n) is 10.2. The topological polar surface area (TPSA) is 95.6 Å². The normalized spacial score (nSPS) is 16.1. The minimum atomic E-state index is -3.59. The molecule has 1 heterocycles. The standard InChI is InChI=1S/C21H33N3O4S/c1-16-9-10-17(23-19(25)11-12-22-20(26)21(2,3)4)15-18(16)29(27,28)24-13-7-5-6-8-14-24/h9-10,15H,5-8,11-14H2,1-4H3,(H,22,26)(H,23,25). The van der Waals surface area contributed by atoms with Crippen molar-refractivity contribution in [2.45, 2.75) is 64.7 Å². The molecule has 0 aliphatic carbocycles. The first kappa shape index (κ1) is 23.3. The van der Waals surface area contributed by atoms with Crippen LogP contribution in [0.1, 0.15) is 58.4 Å². The van der Waals surface area contributed by atoms with Gasteiger partial charge in [-0.2, -0.15) is 4.31 Å². The fraction of sp³-hybridized carbons (Fsp3) is 0.619. The van der Waals surface area contributed by atoms with Crippen LogP contribution in [0.25, 0.3) is 0 Å². The van der Waals surface area contributed by atoms with Gasteiger partial charge in [0.2, 0.25) is 21.8 Å². The molecule has 1 aromatic rings. The van der Waals surface area contributed by atoms with Crippen molar-refractivity contribution in [1.29, 1.82) is 0 Å². The maximum atomic E-state index is 13.1. The summed E-state index contributed by atoms with van der Waals surface area (Å²) in [7, 11) is -3.59. The molecule has 8 heteroatoms. The second kappa shape index (κ2) is 9.71. The summed E-state index contributed by atoms with van der Waals surface area (Å²) < 4.78 is 27.8. The third-order valence-corrected chi connectivity index (χ3v) is 7.01. The number of anilines is 1. The number of nitrogens with one attached hydrogen (secondary N) is 2. The average Bonchev–Trinajstić information content (AvgIpc) is 2.92. The molecule has 2 N–H and O–H groups in total. The Kier molecular flexibility index (Phi) is 7.82. The Labute approximate surface area is 174 Å². The van der Waals surface area contributed by atoms with E-state index in [1.54, 1.807) is 44.1 Å². The molecule has 0 bridgehead atoms. The van der Waals surface area contributed by atoms with E-state index in [2.05, 4.69) is 10.6 Å². The number of benzene rings is 1. The molecular weight excluding hydrogens is 390 g/mol. The number of rotatable bonds is 6. The Balaban J connectivity index is 2.04. The Morgan fingerprint density at radius 1 is 1.07 bits per heavy atom. The van der Waals surface area contributed by atoms with Crippen LogP contribution in [0.3, 0.4) is 0 Å². The van der Waals surface area contributed by atoms with Crippen LogP contribution >= 0.6 is 0 Å². The Bertz CT molecular complexity index is 836. The van der Waals surface area contributed by atoms with Crippen LogP contribution in [0.15, 0.2) is 23.1 Å². The second-order valence-corrected chi connectivity index (χ2v) is 10.5. The van der Waals surface area contributed by atoms with E-state index in [1.165, 1.54) is 6.07 Å². The molecule has 1 aromatic carbocycles. The zero-order valence-corrected chi connectivity index (χ0v) is 18.7. The summed E-state index contributed by atoms with van der Waals surface area (Å²) in [5.74, 6) is -0.396. The van der Waals surface area contributed by atoms with Crippen LogP contribution in [0.4, 0.5) is 5.69 Å². The second-order valence-electron chi connectivity index (χ2n) is 8.60. The Morgan fingerprint density at radius 3 is 2.28 bits per heavy atom. The fourth-order valence-corrected chi connectivity index (χ4v) is 4.92. The number of hydrogen-bond acceptors (Lipinski definition) is 4. The van der Waals surface area contributed by atoms with E-state index in [-0.39, 0.29) is 29.7 Å². The van der Waals surface area contributed by atoms with Crippen molar-refractivity contribution in [3.63, 3.8) is 0 Å². The maximum absolute atomic E-state index is 13.1. The number of amides is 2. The summed E-state index contributed by atoms with van der Waals surface area (Å²) in [5.41, 5.74) is 0.588. The van der Waals surface area contributed by atoms with Crippen LogP contribution in [-0.2, 0) is 19.6 Å². The SMILES string of the molecule is Cc1ccc(NC(=O)CCNC(=O)C(C)(C)C)cc1S(=O)(=O)N1CCCCCC1. The van der Waals surface area contributed by atoms with Crippen LogP contribution < -0.4 is 10.6 Å². The summed E-state index contributed by atoms with van der Waals surface area (Å²) in [6.45, 7) is 8.48. The van der Waals surface area contributed by atoms with Gasteiger partial charge < -0.3 is 10.6 Å². The molecule has 2 amide bonds. The first-order valence-corrected chi connectivity index (χ1v) is 11.6. The highest BCUT2D eigenvalue weighted by Gasteiger charge is 2.27. The van der Waals surface area contributed by atoms with Gasteiger partial charge in [0.05, 0.1) is 4.90 Å². The zero-order valence-electron chi connectivity index (χ0n) is 17.9. The van der Waals surface area contributed by atoms with Gasteiger partial charge >= 0.3 is 0 Å². The van der Waals surface area contributed by atoms with Gasteiger partial charge in [0.25, 0.3) is 0 Å². The lowest BCUT2D eigenvalue weighted by Crippen LogP contribution is -2.36. The highest BCUT2D eigenvalue weighted by molar-refractivity contribution is 7.89. The molecule has 1 aliphatic rings. The molecule has 0 saturated carbocycles. The number of carbonyl (C=O) groups is 2. The minimum absolute atomic E-state index is 0.115. The molecule has 0 radical (unpaired) electrons. The van der Waals surface area contributed by atoms with Crippen molar-refractivity contribution in [3.8, 4) is 0 Å². The van der Waals surface area contributed by atoms with E-state index in [4.69, 9.17) is 0 Å². The number of nitrogens with zero attached hydrogens (tertiary/aromatic N) is 1. The summed E-state index contributed by atoms with van der Waals surface area (Å²) in [5, 5.41) is 5.47. The summed E-state index contributed by atoms with van der Waals surface area (Å²) in [4.78, 5) is 24.3. The van der Waals surface area contributed by atoms with Gasteiger partial charge in [-0.25, -0.2) is 8.42 Å². The molecule has 0 aromatic heterocycles. The number of hydrogen-bond donors (Lipinski definition) is 2. The first-order chi connectivity index (χ1) is 13.5. The average molecular weight is 424 g/mol. The van der Waals surface area contributed by atoms with Crippen molar-refractivity contribution in [2.75, 3.05) is 25.0 Å². The van der Waals surface area contributed by atoms with Gasteiger partial charge in [-0.05, 0) is 37.5 Å². The highest BCUT2D eigenvalue weighted by atomic mass is 32.2. The molecule has 0 atom stereocenters. The zero-order chi connectivity index (χ0) is 21.7. The van der Waals surface area contributed by atoms with Gasteiger partial charge in [0.1, 0.15) is 0 Å². The lowest BCUT2D eigenvalue weighted by molar-refractivity contribution is -0.128. The molecule has 1 saturated heterocycles. The third kappa shape index (κ3) is 6.54. The molecule has 0 spiro atoms. The molecule has 0 unspecified atom stereocenters. The Morgan fingerprint density at radius 2 is 1.69 bits per heavy atom. The van der Waals surface area contributed by atoms with Crippen molar-refractivity contribution < 1.29 is 18.0 Å². The minimum Gasteiger partial charge on any atom is -0.355 e. The van der Waals surface area contributed by atoms with Gasteiger partial charge in [0, 0.05) is 37.2 Å². The van der Waals surface area contributed by atoms with Crippen LogP contribution in [0.5, 0.6) is 0 Å². The third-order valence-electron chi connectivity index (χ3n) is 4.97. The number of sulfonamides is 1. The largest absolute Gasteiger partial charge is 0.355 e. The highest BCUT2D eigenvalue weighted by Crippen LogP contribution is 2.26. The molecule has 7 nitrogen and oxygen atoms in total. The van der Waals surface area contributed by atoms with E-state index >= 15 is 0 Å². The van der Waals surface area contributed by atoms with E-state index < -0.39 is 15.4 Å². The molecule has 2 rings (SSSR count). The van der Waals surface area contributed by atoms with Gasteiger partial charge in [-0.1, -0.05) is 39.7 Å². The van der Waals surface area contributed by atoms with Crippen molar-refractivity contribution in [2.24, 2.45) is 5.41 Å². The summed E-state index contributed by atoms with van der Waals surface area (Å²) in [6.07, 6.45) is 3.95. The van der Waals surface area contributed by atoms with Crippen molar-refractivity contribution in [1.82, 2.24) is 9.62 Å². The van der Waals surface area contributed by atoms with Crippen LogP contribution in [0, 0.1) is 12.3 Å². The predicted octanol–water partition coefficient (Wildman–Crippen LogP) is 3.05. The van der Waals surface area contributed by atoms with E-state index in [0.29, 0.717) is 24.3 Å². The number of carbonyl (C=O) groups excluding carboxylic acids is 2. The quantitative estimate of drug-likeness (QED) is 0.735. The van der Waals surface area contributed by atoms with Gasteiger partial charge in [0.15, 0.2) is 0 Å². The van der Waals surface area contributed by atoms with Crippen LogP contribution in [0.2, 0.25) is 0 Å². The Hall–Kier alpha value is -1.93. The molecule has 1 aliphatic heterocycles. The van der Waals surface area contributed by atoms with E-state index in [0.717, 1.165) is 25.7 Å². The molecule has 162 valence electrons. The lowest BCUT2D eigenvalue weighted by atomic mass is 9.96. The van der Waals surface area contributed by atoms with Crippen molar-refractivity contribution >= 4 is 27.5 Å². The van der Waals surface area contributed by atoms with Crippen LogP contribution in [-0.4, -0.2) is 44.2 Å². The molecular formula is C21H33N3O4S. The number of aryl methyl sites for hydroxylation is 1. The smallest absolute Gasteiger partial charge is 0.243 e.